The lowest BCUT2D eigenvalue weighted by molar-refractivity contribution is 0.953. The van der Waals surface area contributed by atoms with Crippen LogP contribution < -0.4 is 5.56 Å². The maximum Gasteiger partial charge on any atom is 0.266 e. The van der Waals surface area contributed by atoms with E-state index in [2.05, 4.69) is 15.1 Å². The molecule has 0 aliphatic heterocycles. The molecular weight excluding hydrogens is 266 g/mol. The van der Waals surface area contributed by atoms with Crippen LogP contribution >= 0.6 is 0 Å². The highest BCUT2D eigenvalue weighted by atomic mass is 16.1. The second-order valence-electron chi connectivity index (χ2n) is 4.81. The van der Waals surface area contributed by atoms with Gasteiger partial charge in [-0.2, -0.15) is 14.6 Å². The van der Waals surface area contributed by atoms with E-state index in [0.29, 0.717) is 16.7 Å². The van der Waals surface area contributed by atoms with E-state index in [1.165, 1.54) is 6.33 Å². The average molecular weight is 277 g/mol. The predicted octanol–water partition coefficient (Wildman–Crippen LogP) is 1.74. The zero-order chi connectivity index (χ0) is 14.4. The molecule has 1 aromatic carbocycles. The van der Waals surface area contributed by atoms with Crippen LogP contribution in [0.1, 0.15) is 5.56 Å². The van der Waals surface area contributed by atoms with E-state index in [1.807, 2.05) is 37.3 Å². The van der Waals surface area contributed by atoms with Gasteiger partial charge in [0.15, 0.2) is 0 Å². The highest BCUT2D eigenvalue weighted by Gasteiger charge is 2.10. The molecule has 4 rings (SSSR count). The Morgan fingerprint density at radius 2 is 1.95 bits per heavy atom. The second kappa shape index (κ2) is 4.24. The van der Waals surface area contributed by atoms with Gasteiger partial charge in [-0.15, -0.1) is 0 Å². The number of nitrogens with zero attached hydrogens (tertiary/aromatic N) is 5. The van der Waals surface area contributed by atoms with Gasteiger partial charge in [-0.3, -0.25) is 9.36 Å². The minimum Gasteiger partial charge on any atom is -0.283 e. The molecule has 0 radical (unpaired) electrons. The van der Waals surface area contributed by atoms with Crippen LogP contribution in [0.3, 0.4) is 0 Å². The van der Waals surface area contributed by atoms with Gasteiger partial charge in [-0.1, -0.05) is 18.2 Å². The summed E-state index contributed by atoms with van der Waals surface area (Å²) >= 11 is 0. The van der Waals surface area contributed by atoms with Crippen molar-refractivity contribution in [1.29, 1.82) is 0 Å². The molecule has 0 amide bonds. The number of rotatable bonds is 1. The molecule has 4 aromatic rings. The van der Waals surface area contributed by atoms with E-state index in [-0.39, 0.29) is 5.56 Å². The van der Waals surface area contributed by atoms with E-state index < -0.39 is 0 Å². The van der Waals surface area contributed by atoms with Crippen molar-refractivity contribution in [3.8, 4) is 5.69 Å². The molecular formula is C15H11N5O. The van der Waals surface area contributed by atoms with E-state index in [0.717, 1.165) is 11.3 Å². The Balaban J connectivity index is 2.10. The molecule has 3 heterocycles. The van der Waals surface area contributed by atoms with Crippen molar-refractivity contribution >= 4 is 16.7 Å². The molecule has 3 aromatic heterocycles. The van der Waals surface area contributed by atoms with Crippen LogP contribution in [-0.2, 0) is 0 Å². The molecule has 0 saturated carbocycles. The van der Waals surface area contributed by atoms with Gasteiger partial charge >= 0.3 is 0 Å². The van der Waals surface area contributed by atoms with E-state index >= 15 is 0 Å². The van der Waals surface area contributed by atoms with Crippen LogP contribution in [0.5, 0.6) is 0 Å². The third-order valence-electron chi connectivity index (χ3n) is 3.55. The number of benzene rings is 1. The fourth-order valence-corrected chi connectivity index (χ4v) is 2.49. The summed E-state index contributed by atoms with van der Waals surface area (Å²) in [6, 6.07) is 9.62. The van der Waals surface area contributed by atoms with Crippen molar-refractivity contribution in [2.45, 2.75) is 6.92 Å². The molecule has 0 aliphatic rings. The molecule has 0 spiro atoms. The van der Waals surface area contributed by atoms with Gasteiger partial charge in [-0.05, 0) is 24.6 Å². The van der Waals surface area contributed by atoms with E-state index in [4.69, 9.17) is 0 Å². The Hall–Kier alpha value is -3.02. The molecule has 102 valence electrons. The molecule has 0 aliphatic carbocycles. The first-order valence-corrected chi connectivity index (χ1v) is 6.52. The summed E-state index contributed by atoms with van der Waals surface area (Å²) in [6.07, 6.45) is 4.74. The maximum absolute atomic E-state index is 12.7. The number of aryl methyl sites for hydroxylation is 1. The quantitative estimate of drug-likeness (QED) is 0.531. The van der Waals surface area contributed by atoms with Gasteiger partial charge in [-0.25, -0.2) is 4.98 Å². The summed E-state index contributed by atoms with van der Waals surface area (Å²) in [4.78, 5) is 20.9. The molecule has 0 fully saturated rings. The third kappa shape index (κ3) is 1.66. The minimum atomic E-state index is -0.119. The number of hydrogen-bond acceptors (Lipinski definition) is 4. The van der Waals surface area contributed by atoms with Gasteiger partial charge in [0.1, 0.15) is 6.33 Å². The summed E-state index contributed by atoms with van der Waals surface area (Å²) < 4.78 is 3.20. The average Bonchev–Trinajstić information content (AvgIpc) is 2.97. The van der Waals surface area contributed by atoms with Crippen LogP contribution in [0.25, 0.3) is 22.4 Å². The Morgan fingerprint density at radius 3 is 2.81 bits per heavy atom. The van der Waals surface area contributed by atoms with Crippen molar-refractivity contribution in [2.24, 2.45) is 0 Å². The normalized spacial score (nSPS) is 11.3. The molecule has 0 unspecified atom stereocenters. The molecule has 21 heavy (non-hydrogen) atoms. The number of fused-ring (bicyclic) bond motifs is 3. The number of pyridine rings is 1. The van der Waals surface area contributed by atoms with Crippen LogP contribution in [0.2, 0.25) is 0 Å². The Bertz CT molecular complexity index is 1030. The van der Waals surface area contributed by atoms with Gasteiger partial charge < -0.3 is 0 Å². The summed E-state index contributed by atoms with van der Waals surface area (Å²) in [5.74, 6) is 0.482. The number of aromatic nitrogens is 5. The van der Waals surface area contributed by atoms with Crippen molar-refractivity contribution in [3.05, 3.63) is 65.0 Å². The van der Waals surface area contributed by atoms with Crippen LogP contribution in [0.15, 0.2) is 53.8 Å². The topological polar surface area (TPSA) is 65.1 Å². The maximum atomic E-state index is 12.7. The molecule has 0 saturated heterocycles. The number of hydrogen-bond donors (Lipinski definition) is 0. The van der Waals surface area contributed by atoms with E-state index in [9.17, 15) is 4.79 Å². The van der Waals surface area contributed by atoms with Gasteiger partial charge in [0.2, 0.25) is 0 Å². The first-order valence-electron chi connectivity index (χ1n) is 6.52. The third-order valence-corrected chi connectivity index (χ3v) is 3.55. The zero-order valence-corrected chi connectivity index (χ0v) is 11.3. The Labute approximate surface area is 119 Å². The fraction of sp³-hybridized carbons (Fsp3) is 0.0667. The van der Waals surface area contributed by atoms with Crippen molar-refractivity contribution in [1.82, 2.24) is 24.1 Å². The van der Waals surface area contributed by atoms with Crippen LogP contribution in [0.4, 0.5) is 0 Å². The number of para-hydroxylation sites is 1. The predicted molar refractivity (Wildman–Crippen MR) is 78.6 cm³/mol. The zero-order valence-electron chi connectivity index (χ0n) is 11.3. The largest absolute Gasteiger partial charge is 0.283 e. The lowest BCUT2D eigenvalue weighted by Crippen LogP contribution is -2.19. The second-order valence-corrected chi connectivity index (χ2v) is 4.81. The van der Waals surface area contributed by atoms with E-state index in [1.54, 1.807) is 21.5 Å². The highest BCUT2D eigenvalue weighted by Crippen LogP contribution is 2.14. The molecule has 6 nitrogen and oxygen atoms in total. The SMILES string of the molecule is Cc1ccccc1-n1ccc2c(cnc3ncnn32)c1=O. The van der Waals surface area contributed by atoms with Gasteiger partial charge in [0.05, 0.1) is 16.6 Å². The van der Waals surface area contributed by atoms with Crippen molar-refractivity contribution in [2.75, 3.05) is 0 Å². The fourth-order valence-electron chi connectivity index (χ4n) is 2.49. The first-order chi connectivity index (χ1) is 10.3. The Kier molecular flexibility index (Phi) is 2.38. The smallest absolute Gasteiger partial charge is 0.266 e. The lowest BCUT2D eigenvalue weighted by atomic mass is 10.2. The summed E-state index contributed by atoms with van der Waals surface area (Å²) in [7, 11) is 0. The van der Waals surface area contributed by atoms with Crippen LogP contribution in [0, 0.1) is 6.92 Å². The van der Waals surface area contributed by atoms with Crippen molar-refractivity contribution in [3.63, 3.8) is 0 Å². The molecule has 0 N–H and O–H groups in total. The van der Waals surface area contributed by atoms with Crippen LogP contribution in [-0.4, -0.2) is 24.1 Å². The molecule has 0 bridgehead atoms. The summed E-state index contributed by atoms with van der Waals surface area (Å²) in [5, 5.41) is 4.62. The first kappa shape index (κ1) is 11.8. The van der Waals surface area contributed by atoms with Gasteiger partial charge in [0, 0.05) is 12.4 Å². The summed E-state index contributed by atoms with van der Waals surface area (Å²) in [5.41, 5.74) is 2.48. The lowest BCUT2D eigenvalue weighted by Gasteiger charge is -2.10. The standard InChI is InChI=1S/C15H11N5O/c1-10-4-2-3-5-12(10)19-7-6-13-11(14(19)21)8-16-15-17-9-18-20(13)15/h2-9H,1H3. The van der Waals surface area contributed by atoms with Crippen molar-refractivity contribution < 1.29 is 0 Å². The van der Waals surface area contributed by atoms with Gasteiger partial charge in [0.25, 0.3) is 11.3 Å². The molecule has 6 heteroatoms. The Morgan fingerprint density at radius 1 is 1.10 bits per heavy atom. The summed E-state index contributed by atoms with van der Waals surface area (Å²) in [6.45, 7) is 1.98. The molecule has 0 atom stereocenters. The minimum absolute atomic E-state index is 0.119. The highest BCUT2D eigenvalue weighted by molar-refractivity contribution is 5.78. The monoisotopic (exact) mass is 277 g/mol.